The van der Waals surface area contributed by atoms with Gasteiger partial charge in [0.15, 0.2) is 0 Å². The molecule has 2 aromatic carbocycles. The van der Waals surface area contributed by atoms with Crippen LogP contribution in [-0.4, -0.2) is 46.1 Å². The number of carboxylic acid groups (broad SMARTS) is 1. The second-order valence-corrected chi connectivity index (χ2v) is 7.60. The summed E-state index contributed by atoms with van der Waals surface area (Å²) in [5.41, 5.74) is 2.90. The molecule has 0 aliphatic carbocycles. The number of amides is 3. The molecular weight excluding hydrogens is 404 g/mol. The van der Waals surface area contributed by atoms with Gasteiger partial charge in [0.2, 0.25) is 5.91 Å². The zero-order valence-electron chi connectivity index (χ0n) is 16.0. The van der Waals surface area contributed by atoms with E-state index < -0.39 is 23.0 Å². The maximum atomic E-state index is 12.5. The number of aliphatic carboxylic acids is 1. The van der Waals surface area contributed by atoms with E-state index in [0.717, 1.165) is 33.4 Å². The van der Waals surface area contributed by atoms with Crippen molar-refractivity contribution < 1.29 is 24.3 Å². The van der Waals surface area contributed by atoms with Crippen molar-refractivity contribution in [1.82, 2.24) is 10.2 Å². The molecule has 0 aromatic heterocycles. The third-order valence-corrected chi connectivity index (χ3v) is 5.29. The first kappa shape index (κ1) is 21.3. The predicted octanol–water partition coefficient (Wildman–Crippen LogP) is 3.37. The summed E-state index contributed by atoms with van der Waals surface area (Å²) in [5, 5.41) is 10.6. The number of hydrogen-bond acceptors (Lipinski definition) is 5. The molecule has 1 fully saturated rings. The zero-order valence-corrected chi connectivity index (χ0v) is 16.9. The molecule has 0 unspecified atom stereocenters. The van der Waals surface area contributed by atoms with Crippen LogP contribution >= 0.6 is 11.8 Å². The molecule has 0 spiro atoms. The number of imide groups is 1. The summed E-state index contributed by atoms with van der Waals surface area (Å²) in [6.07, 6.45) is 1.85. The van der Waals surface area contributed by atoms with E-state index in [0.29, 0.717) is 0 Å². The molecule has 7 nitrogen and oxygen atoms in total. The SMILES string of the molecule is O=C(O)CCCNC(=O)CN1C(=O)S/C(=C\c2ccc(-c3ccccc3)cc2)C1=O. The molecule has 0 atom stereocenters. The minimum Gasteiger partial charge on any atom is -0.481 e. The predicted molar refractivity (Wildman–Crippen MR) is 114 cm³/mol. The number of nitrogens with one attached hydrogen (secondary N) is 1. The Kier molecular flexibility index (Phi) is 7.03. The molecule has 3 amide bonds. The number of benzene rings is 2. The molecular formula is C22H20N2O5S. The molecule has 8 heteroatoms. The quantitative estimate of drug-likeness (QED) is 0.497. The lowest BCUT2D eigenvalue weighted by Crippen LogP contribution is -2.39. The van der Waals surface area contributed by atoms with Crippen LogP contribution in [0.25, 0.3) is 17.2 Å². The summed E-state index contributed by atoms with van der Waals surface area (Å²) in [4.78, 5) is 48.2. The fourth-order valence-electron chi connectivity index (χ4n) is 2.86. The highest BCUT2D eigenvalue weighted by atomic mass is 32.2. The second kappa shape index (κ2) is 9.89. The number of carbonyl (C=O) groups excluding carboxylic acids is 3. The van der Waals surface area contributed by atoms with Crippen molar-refractivity contribution in [3.05, 3.63) is 65.1 Å². The van der Waals surface area contributed by atoms with Crippen molar-refractivity contribution in [1.29, 1.82) is 0 Å². The maximum absolute atomic E-state index is 12.5. The standard InChI is InChI=1S/C22H20N2O5S/c25-19(23-12-4-7-20(26)27)14-24-21(28)18(30-22(24)29)13-15-8-10-17(11-9-15)16-5-2-1-3-6-16/h1-3,5-6,8-11,13H,4,7,12,14H2,(H,23,25)(H,26,27)/b18-13-. The molecule has 3 rings (SSSR count). The minimum absolute atomic E-state index is 0.0618. The largest absolute Gasteiger partial charge is 0.481 e. The molecule has 1 aliphatic heterocycles. The normalized spacial score (nSPS) is 14.9. The number of hydrogen-bond donors (Lipinski definition) is 2. The Labute approximate surface area is 177 Å². The zero-order chi connectivity index (χ0) is 21.5. The van der Waals surface area contributed by atoms with Crippen LogP contribution in [0.5, 0.6) is 0 Å². The van der Waals surface area contributed by atoms with Gasteiger partial charge in [-0.15, -0.1) is 0 Å². The van der Waals surface area contributed by atoms with E-state index in [4.69, 9.17) is 5.11 Å². The molecule has 1 aliphatic rings. The average Bonchev–Trinajstić information content (AvgIpc) is 2.99. The summed E-state index contributed by atoms with van der Waals surface area (Å²) >= 11 is 0.792. The van der Waals surface area contributed by atoms with Crippen molar-refractivity contribution in [3.8, 4) is 11.1 Å². The Hall–Kier alpha value is -3.39. The Balaban J connectivity index is 1.60. The molecule has 1 heterocycles. The fraction of sp³-hybridized carbons (Fsp3) is 0.182. The van der Waals surface area contributed by atoms with Gasteiger partial charge in [-0.1, -0.05) is 54.6 Å². The number of thioether (sulfide) groups is 1. The van der Waals surface area contributed by atoms with Crippen LogP contribution in [0.15, 0.2) is 59.5 Å². The van der Waals surface area contributed by atoms with Gasteiger partial charge in [-0.25, -0.2) is 0 Å². The van der Waals surface area contributed by atoms with Crippen molar-refractivity contribution in [3.63, 3.8) is 0 Å². The molecule has 2 aromatic rings. The van der Waals surface area contributed by atoms with E-state index in [9.17, 15) is 19.2 Å². The van der Waals surface area contributed by atoms with Crippen molar-refractivity contribution in [2.45, 2.75) is 12.8 Å². The highest BCUT2D eigenvalue weighted by molar-refractivity contribution is 8.18. The summed E-state index contributed by atoms with van der Waals surface area (Å²) in [7, 11) is 0. The van der Waals surface area contributed by atoms with Crippen molar-refractivity contribution in [2.75, 3.05) is 13.1 Å². The van der Waals surface area contributed by atoms with Gasteiger partial charge in [0.1, 0.15) is 6.54 Å². The third kappa shape index (κ3) is 5.57. The van der Waals surface area contributed by atoms with Gasteiger partial charge in [-0.3, -0.25) is 24.1 Å². The number of rotatable bonds is 8. The summed E-state index contributed by atoms with van der Waals surface area (Å²) in [6.45, 7) is -0.215. The van der Waals surface area contributed by atoms with Crippen LogP contribution in [0.2, 0.25) is 0 Å². The van der Waals surface area contributed by atoms with Crippen LogP contribution in [0.1, 0.15) is 18.4 Å². The average molecular weight is 424 g/mol. The minimum atomic E-state index is -0.947. The molecule has 0 radical (unpaired) electrons. The number of carboxylic acids is 1. The highest BCUT2D eigenvalue weighted by Crippen LogP contribution is 2.32. The Morgan fingerprint density at radius 2 is 1.67 bits per heavy atom. The first-order chi connectivity index (χ1) is 14.4. The lowest BCUT2D eigenvalue weighted by molar-refractivity contribution is -0.137. The van der Waals surface area contributed by atoms with Gasteiger partial charge in [-0.05, 0) is 40.9 Å². The lowest BCUT2D eigenvalue weighted by Gasteiger charge is -2.12. The Bertz CT molecular complexity index is 986. The third-order valence-electron chi connectivity index (χ3n) is 4.38. The molecule has 154 valence electrons. The van der Waals surface area contributed by atoms with Crippen molar-refractivity contribution in [2.24, 2.45) is 0 Å². The van der Waals surface area contributed by atoms with Crippen LogP contribution in [0.4, 0.5) is 4.79 Å². The molecule has 1 saturated heterocycles. The molecule has 2 N–H and O–H groups in total. The van der Waals surface area contributed by atoms with Crippen LogP contribution in [-0.2, 0) is 14.4 Å². The Morgan fingerprint density at radius 3 is 2.33 bits per heavy atom. The van der Waals surface area contributed by atoms with Crippen LogP contribution in [0.3, 0.4) is 0 Å². The fourth-order valence-corrected chi connectivity index (χ4v) is 3.70. The maximum Gasteiger partial charge on any atom is 0.303 e. The van der Waals surface area contributed by atoms with E-state index in [-0.39, 0.29) is 30.8 Å². The van der Waals surface area contributed by atoms with E-state index in [1.807, 2.05) is 54.6 Å². The highest BCUT2D eigenvalue weighted by Gasteiger charge is 2.36. The summed E-state index contributed by atoms with van der Waals surface area (Å²) in [5.74, 6) is -1.97. The smallest absolute Gasteiger partial charge is 0.303 e. The first-order valence-corrected chi connectivity index (χ1v) is 10.1. The van der Waals surface area contributed by atoms with Gasteiger partial charge < -0.3 is 10.4 Å². The number of carbonyl (C=O) groups is 4. The van der Waals surface area contributed by atoms with E-state index in [1.165, 1.54) is 0 Å². The van der Waals surface area contributed by atoms with Gasteiger partial charge >= 0.3 is 5.97 Å². The second-order valence-electron chi connectivity index (χ2n) is 6.60. The van der Waals surface area contributed by atoms with Crippen LogP contribution < -0.4 is 5.32 Å². The van der Waals surface area contributed by atoms with Gasteiger partial charge in [-0.2, -0.15) is 0 Å². The topological polar surface area (TPSA) is 104 Å². The van der Waals surface area contributed by atoms with Crippen LogP contribution in [0, 0.1) is 0 Å². The molecule has 0 saturated carbocycles. The molecule has 30 heavy (non-hydrogen) atoms. The van der Waals surface area contributed by atoms with E-state index in [1.54, 1.807) is 6.08 Å². The lowest BCUT2D eigenvalue weighted by atomic mass is 10.0. The number of nitrogens with zero attached hydrogens (tertiary/aromatic N) is 1. The molecule has 0 bridgehead atoms. The van der Waals surface area contributed by atoms with Gasteiger partial charge in [0.25, 0.3) is 11.1 Å². The van der Waals surface area contributed by atoms with E-state index >= 15 is 0 Å². The van der Waals surface area contributed by atoms with Gasteiger partial charge in [0.05, 0.1) is 4.91 Å². The first-order valence-electron chi connectivity index (χ1n) is 9.33. The summed E-state index contributed by atoms with van der Waals surface area (Å²) < 4.78 is 0. The summed E-state index contributed by atoms with van der Waals surface area (Å²) in [6, 6.07) is 17.5. The van der Waals surface area contributed by atoms with E-state index in [2.05, 4.69) is 5.32 Å². The van der Waals surface area contributed by atoms with Crippen molar-refractivity contribution >= 4 is 40.9 Å². The Morgan fingerprint density at radius 1 is 1.00 bits per heavy atom. The van der Waals surface area contributed by atoms with Gasteiger partial charge in [0, 0.05) is 13.0 Å². The monoisotopic (exact) mass is 424 g/mol.